The van der Waals surface area contributed by atoms with E-state index in [0.717, 1.165) is 23.0 Å². The molecule has 0 bridgehead atoms. The van der Waals surface area contributed by atoms with E-state index in [0.29, 0.717) is 12.6 Å². The molecule has 2 rings (SSSR count). The number of rotatable bonds is 5. The fourth-order valence-corrected chi connectivity index (χ4v) is 3.98. The number of aromatic nitrogens is 2. The molecule has 0 aromatic carbocycles. The maximum atomic E-state index is 6.73. The van der Waals surface area contributed by atoms with Gasteiger partial charge in [0.05, 0.1) is 28.0 Å². The molecule has 1 heterocycles. The van der Waals surface area contributed by atoms with Crippen molar-refractivity contribution in [3.05, 3.63) is 16.4 Å². The van der Waals surface area contributed by atoms with Crippen LogP contribution in [0.5, 0.6) is 0 Å². The Hall–Kier alpha value is -0.390. The van der Waals surface area contributed by atoms with Crippen LogP contribution in [0.1, 0.15) is 77.1 Å². The highest BCUT2D eigenvalue weighted by Crippen LogP contribution is 2.41. The minimum atomic E-state index is -0.250. The number of hydrogen-bond donors (Lipinski definition) is 1. The van der Waals surface area contributed by atoms with Crippen molar-refractivity contribution in [1.82, 2.24) is 9.78 Å². The molecule has 120 valence electrons. The Morgan fingerprint density at radius 3 is 2.48 bits per heavy atom. The van der Waals surface area contributed by atoms with Crippen LogP contribution in [0.25, 0.3) is 0 Å². The van der Waals surface area contributed by atoms with Gasteiger partial charge < -0.3 is 10.5 Å². The summed E-state index contributed by atoms with van der Waals surface area (Å²) in [6, 6.07) is 0.150. The third-order valence-corrected chi connectivity index (χ3v) is 5.13. The molecule has 0 aliphatic heterocycles. The monoisotopic (exact) mass is 357 g/mol. The first-order chi connectivity index (χ1) is 10.0. The van der Waals surface area contributed by atoms with Gasteiger partial charge in [-0.1, -0.05) is 25.7 Å². The molecule has 1 unspecified atom stereocenters. The summed E-state index contributed by atoms with van der Waals surface area (Å²) in [5.41, 5.74) is 7.55. The maximum absolute atomic E-state index is 6.73. The van der Waals surface area contributed by atoms with Gasteiger partial charge in [0.25, 0.3) is 0 Å². The van der Waals surface area contributed by atoms with Crippen LogP contribution in [0.4, 0.5) is 0 Å². The summed E-state index contributed by atoms with van der Waals surface area (Å²) in [5, 5.41) is 4.48. The Bertz CT molecular complexity index is 450. The fraction of sp³-hybridized carbons (Fsp3) is 0.812. The second kappa shape index (κ2) is 7.25. The van der Waals surface area contributed by atoms with Gasteiger partial charge in [0, 0.05) is 12.6 Å². The smallest absolute Gasteiger partial charge is 0.0889 e. The third kappa shape index (κ3) is 3.51. The number of nitrogens with two attached hydrogens (primary N) is 1. The molecule has 2 N–H and O–H groups in total. The van der Waals surface area contributed by atoms with E-state index < -0.39 is 0 Å². The molecule has 1 aromatic rings. The van der Waals surface area contributed by atoms with Crippen LogP contribution in [0.2, 0.25) is 0 Å². The lowest BCUT2D eigenvalue weighted by Crippen LogP contribution is -2.45. The van der Waals surface area contributed by atoms with Crippen LogP contribution in [-0.4, -0.2) is 22.0 Å². The summed E-state index contributed by atoms with van der Waals surface area (Å²) in [6.07, 6.45) is 8.89. The first kappa shape index (κ1) is 17.0. The highest BCUT2D eigenvalue weighted by molar-refractivity contribution is 9.10. The second-order valence-electron chi connectivity index (χ2n) is 6.31. The second-order valence-corrected chi connectivity index (χ2v) is 7.16. The Labute approximate surface area is 136 Å². The van der Waals surface area contributed by atoms with Crippen LogP contribution >= 0.6 is 15.9 Å². The van der Waals surface area contributed by atoms with Crippen molar-refractivity contribution < 1.29 is 4.74 Å². The average Bonchev–Trinajstić information content (AvgIpc) is 2.68. The number of halogens is 1. The zero-order valence-corrected chi connectivity index (χ0v) is 15.0. The third-order valence-electron chi connectivity index (χ3n) is 4.52. The lowest BCUT2D eigenvalue weighted by atomic mass is 9.84. The first-order valence-electron chi connectivity index (χ1n) is 8.14. The van der Waals surface area contributed by atoms with Crippen LogP contribution in [0.3, 0.4) is 0 Å². The molecule has 1 fully saturated rings. The van der Waals surface area contributed by atoms with Crippen molar-refractivity contribution in [2.75, 3.05) is 6.61 Å². The standard InChI is InChI=1S/C16H28BrN3O/c1-4-21-16(9-7-5-6-8-10-16)15(18)14-13(17)11-19-20(14)12(2)3/h11-12,15H,4-10,18H2,1-3H3. The molecule has 1 atom stereocenters. The summed E-state index contributed by atoms with van der Waals surface area (Å²) >= 11 is 3.63. The summed E-state index contributed by atoms with van der Waals surface area (Å²) in [4.78, 5) is 0. The summed E-state index contributed by atoms with van der Waals surface area (Å²) < 4.78 is 9.26. The van der Waals surface area contributed by atoms with Gasteiger partial charge in [-0.2, -0.15) is 5.10 Å². The van der Waals surface area contributed by atoms with Crippen LogP contribution in [-0.2, 0) is 4.74 Å². The SMILES string of the molecule is CCOC1(C(N)c2c(Br)cnn2C(C)C)CCCCCC1. The molecular weight excluding hydrogens is 330 g/mol. The molecule has 1 saturated carbocycles. The fourth-order valence-electron chi connectivity index (χ4n) is 3.46. The van der Waals surface area contributed by atoms with E-state index in [1.165, 1.54) is 25.7 Å². The van der Waals surface area contributed by atoms with Crippen LogP contribution in [0.15, 0.2) is 10.7 Å². The molecule has 0 spiro atoms. The lowest BCUT2D eigenvalue weighted by Gasteiger charge is -2.38. The predicted octanol–water partition coefficient (Wildman–Crippen LogP) is 4.36. The molecule has 1 aromatic heterocycles. The normalized spacial score (nSPS) is 20.5. The van der Waals surface area contributed by atoms with Gasteiger partial charge in [-0.05, 0) is 49.5 Å². The quantitative estimate of drug-likeness (QED) is 0.796. The molecule has 5 heteroatoms. The van der Waals surface area contributed by atoms with Crippen LogP contribution in [0, 0.1) is 0 Å². The Morgan fingerprint density at radius 1 is 1.33 bits per heavy atom. The summed E-state index contributed by atoms with van der Waals surface area (Å²) in [6.45, 7) is 7.04. The van der Waals surface area contributed by atoms with Crippen LogP contribution < -0.4 is 5.73 Å². The van der Waals surface area contributed by atoms with Gasteiger partial charge in [-0.3, -0.25) is 4.68 Å². The van der Waals surface area contributed by atoms with Crippen molar-refractivity contribution in [3.63, 3.8) is 0 Å². The molecule has 0 saturated heterocycles. The van der Waals surface area contributed by atoms with Gasteiger partial charge in [0.15, 0.2) is 0 Å². The van der Waals surface area contributed by atoms with Crippen molar-refractivity contribution in [2.45, 2.75) is 77.0 Å². The van der Waals surface area contributed by atoms with Gasteiger partial charge in [0.2, 0.25) is 0 Å². The highest BCUT2D eigenvalue weighted by atomic mass is 79.9. The number of ether oxygens (including phenoxy) is 1. The Kier molecular flexibility index (Phi) is 5.86. The van der Waals surface area contributed by atoms with Crippen molar-refractivity contribution >= 4 is 15.9 Å². The average molecular weight is 358 g/mol. The number of nitrogens with zero attached hydrogens (tertiary/aromatic N) is 2. The van der Waals surface area contributed by atoms with E-state index in [1.807, 2.05) is 10.9 Å². The van der Waals surface area contributed by atoms with Gasteiger partial charge in [-0.25, -0.2) is 0 Å². The van der Waals surface area contributed by atoms with E-state index >= 15 is 0 Å². The minimum absolute atomic E-state index is 0.144. The van der Waals surface area contributed by atoms with Crippen molar-refractivity contribution in [1.29, 1.82) is 0 Å². The molecular formula is C16H28BrN3O. The topological polar surface area (TPSA) is 53.1 Å². The summed E-state index contributed by atoms with van der Waals surface area (Å²) in [5.74, 6) is 0. The first-order valence-corrected chi connectivity index (χ1v) is 8.93. The van der Waals surface area contributed by atoms with E-state index in [2.05, 4.69) is 41.8 Å². The van der Waals surface area contributed by atoms with E-state index in [-0.39, 0.29) is 11.6 Å². The molecule has 0 amide bonds. The zero-order valence-electron chi connectivity index (χ0n) is 13.4. The Balaban J connectivity index is 2.38. The van der Waals surface area contributed by atoms with E-state index in [1.54, 1.807) is 0 Å². The van der Waals surface area contributed by atoms with Gasteiger partial charge in [0.1, 0.15) is 0 Å². The van der Waals surface area contributed by atoms with E-state index in [4.69, 9.17) is 10.5 Å². The van der Waals surface area contributed by atoms with Gasteiger partial charge >= 0.3 is 0 Å². The maximum Gasteiger partial charge on any atom is 0.0889 e. The number of hydrogen-bond acceptors (Lipinski definition) is 3. The summed E-state index contributed by atoms with van der Waals surface area (Å²) in [7, 11) is 0. The van der Waals surface area contributed by atoms with Crippen molar-refractivity contribution in [3.8, 4) is 0 Å². The largest absolute Gasteiger partial charge is 0.373 e. The highest BCUT2D eigenvalue weighted by Gasteiger charge is 2.41. The molecule has 21 heavy (non-hydrogen) atoms. The predicted molar refractivity (Wildman–Crippen MR) is 89.3 cm³/mol. The van der Waals surface area contributed by atoms with Gasteiger partial charge in [-0.15, -0.1) is 0 Å². The van der Waals surface area contributed by atoms with Crippen molar-refractivity contribution in [2.24, 2.45) is 5.73 Å². The molecule has 0 radical (unpaired) electrons. The van der Waals surface area contributed by atoms with E-state index in [9.17, 15) is 0 Å². The Morgan fingerprint density at radius 2 is 1.95 bits per heavy atom. The lowest BCUT2D eigenvalue weighted by molar-refractivity contribution is -0.0715. The minimum Gasteiger partial charge on any atom is -0.373 e. The molecule has 1 aliphatic carbocycles. The zero-order chi connectivity index (χ0) is 15.5. The molecule has 4 nitrogen and oxygen atoms in total. The molecule has 1 aliphatic rings.